The number of piperazine rings is 1. The van der Waals surface area contributed by atoms with Gasteiger partial charge in [0.05, 0.1) is 12.8 Å². The Balaban J connectivity index is 2.18. The molecule has 1 N–H and O–H groups in total. The van der Waals surface area contributed by atoms with Crippen molar-refractivity contribution in [3.63, 3.8) is 0 Å². The molecule has 1 fully saturated rings. The van der Waals surface area contributed by atoms with E-state index in [4.69, 9.17) is 14.6 Å². The zero-order chi connectivity index (χ0) is 17.7. The van der Waals surface area contributed by atoms with Crippen LogP contribution in [-0.2, 0) is 10.9 Å². The molecular weight excluding hydrogens is 331 g/mol. The Morgan fingerprint density at radius 3 is 2.50 bits per heavy atom. The summed E-state index contributed by atoms with van der Waals surface area (Å²) in [6, 6.07) is 0.904. The lowest BCUT2D eigenvalue weighted by Crippen LogP contribution is -2.49. The molecule has 24 heavy (non-hydrogen) atoms. The number of ether oxygens (including phenoxy) is 2. The molecule has 0 aromatic carbocycles. The topological polar surface area (TPSA) is 75.1 Å². The Hall–Kier alpha value is -2.23. The van der Waals surface area contributed by atoms with Crippen LogP contribution in [-0.4, -0.2) is 67.6 Å². The normalized spacial score (nSPS) is 15.5. The van der Waals surface area contributed by atoms with E-state index in [2.05, 4.69) is 4.98 Å². The third-order valence-corrected chi connectivity index (χ3v) is 3.55. The number of halogens is 3. The second kappa shape index (κ2) is 7.56. The van der Waals surface area contributed by atoms with Crippen LogP contribution in [0.15, 0.2) is 12.3 Å². The van der Waals surface area contributed by atoms with Crippen LogP contribution in [0.5, 0.6) is 5.75 Å². The van der Waals surface area contributed by atoms with Crippen LogP contribution in [0.1, 0.15) is 5.56 Å². The predicted molar refractivity (Wildman–Crippen MR) is 78.4 cm³/mol. The van der Waals surface area contributed by atoms with Crippen molar-refractivity contribution >= 4 is 11.9 Å². The second-order valence-corrected chi connectivity index (χ2v) is 5.14. The SMILES string of the molecule is COCCOc1cnc(N2CCN(C(=O)O)CC2)c(C(F)(F)F)c1. The van der Waals surface area contributed by atoms with E-state index in [1.165, 1.54) is 18.2 Å². The standard InChI is InChI=1S/C14H18F3N3O4/c1-23-6-7-24-10-8-11(14(15,16)17)12(18-9-10)19-2-4-20(5-3-19)13(21)22/h8-9H,2-7H2,1H3,(H,21,22). The summed E-state index contributed by atoms with van der Waals surface area (Å²) in [5.74, 6) is -0.209. The van der Waals surface area contributed by atoms with E-state index < -0.39 is 17.8 Å². The lowest BCUT2D eigenvalue weighted by Gasteiger charge is -2.35. The fourth-order valence-corrected chi connectivity index (χ4v) is 2.33. The number of hydrogen-bond donors (Lipinski definition) is 1. The van der Waals surface area contributed by atoms with Crippen molar-refractivity contribution < 1.29 is 32.5 Å². The quantitative estimate of drug-likeness (QED) is 0.819. The Morgan fingerprint density at radius 1 is 1.29 bits per heavy atom. The van der Waals surface area contributed by atoms with Gasteiger partial charge in [-0.2, -0.15) is 13.2 Å². The van der Waals surface area contributed by atoms with Crippen LogP contribution >= 0.6 is 0 Å². The van der Waals surface area contributed by atoms with Crippen molar-refractivity contribution in [1.29, 1.82) is 0 Å². The Bertz CT molecular complexity index is 575. The minimum Gasteiger partial charge on any atom is -0.490 e. The van der Waals surface area contributed by atoms with Crippen LogP contribution in [0.25, 0.3) is 0 Å². The molecule has 1 amide bonds. The van der Waals surface area contributed by atoms with Gasteiger partial charge in [-0.1, -0.05) is 0 Å². The van der Waals surface area contributed by atoms with Crippen molar-refractivity contribution in [1.82, 2.24) is 9.88 Å². The lowest BCUT2D eigenvalue weighted by atomic mass is 10.2. The molecule has 2 rings (SSSR count). The number of carboxylic acid groups (broad SMARTS) is 1. The number of hydrogen-bond acceptors (Lipinski definition) is 5. The molecule has 1 aliphatic heterocycles. The van der Waals surface area contributed by atoms with Gasteiger partial charge in [-0.3, -0.25) is 0 Å². The number of pyridine rings is 1. The van der Waals surface area contributed by atoms with Gasteiger partial charge in [-0.15, -0.1) is 0 Å². The zero-order valence-electron chi connectivity index (χ0n) is 13.0. The molecule has 0 spiro atoms. The Morgan fingerprint density at radius 2 is 1.96 bits per heavy atom. The van der Waals surface area contributed by atoms with Gasteiger partial charge in [0.15, 0.2) is 0 Å². The molecule has 1 saturated heterocycles. The summed E-state index contributed by atoms with van der Waals surface area (Å²) < 4.78 is 49.9. The number of carbonyl (C=O) groups is 1. The maximum absolute atomic E-state index is 13.3. The van der Waals surface area contributed by atoms with Crippen LogP contribution < -0.4 is 9.64 Å². The molecular formula is C14H18F3N3O4. The summed E-state index contributed by atoms with van der Waals surface area (Å²) in [6.07, 6.45) is -4.45. The summed E-state index contributed by atoms with van der Waals surface area (Å²) in [5.41, 5.74) is -0.902. The maximum atomic E-state index is 13.3. The van der Waals surface area contributed by atoms with E-state index in [1.807, 2.05) is 0 Å². The first kappa shape index (κ1) is 18.1. The van der Waals surface area contributed by atoms with E-state index in [9.17, 15) is 18.0 Å². The first-order valence-corrected chi connectivity index (χ1v) is 7.24. The van der Waals surface area contributed by atoms with E-state index in [-0.39, 0.29) is 51.0 Å². The van der Waals surface area contributed by atoms with E-state index >= 15 is 0 Å². The van der Waals surface area contributed by atoms with Gasteiger partial charge in [-0.05, 0) is 6.07 Å². The molecule has 2 heterocycles. The third kappa shape index (κ3) is 4.40. The summed E-state index contributed by atoms with van der Waals surface area (Å²) in [4.78, 5) is 17.4. The highest BCUT2D eigenvalue weighted by Crippen LogP contribution is 2.37. The lowest BCUT2D eigenvalue weighted by molar-refractivity contribution is -0.137. The van der Waals surface area contributed by atoms with Gasteiger partial charge in [0.25, 0.3) is 0 Å². The number of amides is 1. The molecule has 0 bridgehead atoms. The molecule has 0 unspecified atom stereocenters. The van der Waals surface area contributed by atoms with Gasteiger partial charge in [-0.25, -0.2) is 9.78 Å². The number of methoxy groups -OCH3 is 1. The molecule has 0 aliphatic carbocycles. The average Bonchev–Trinajstić information content (AvgIpc) is 2.54. The minimum absolute atomic E-state index is 0.00676. The fraction of sp³-hybridized carbons (Fsp3) is 0.571. The highest BCUT2D eigenvalue weighted by molar-refractivity contribution is 5.65. The molecule has 7 nitrogen and oxygen atoms in total. The highest BCUT2D eigenvalue weighted by Gasteiger charge is 2.37. The van der Waals surface area contributed by atoms with Gasteiger partial charge in [0, 0.05) is 33.3 Å². The summed E-state index contributed by atoms with van der Waals surface area (Å²) in [6.45, 7) is 0.908. The van der Waals surface area contributed by atoms with Crippen LogP contribution in [0.3, 0.4) is 0 Å². The van der Waals surface area contributed by atoms with Crippen molar-refractivity contribution in [3.05, 3.63) is 17.8 Å². The number of nitrogens with zero attached hydrogens (tertiary/aromatic N) is 3. The Kier molecular flexibility index (Phi) is 5.71. The Labute approximate surface area is 136 Å². The van der Waals surface area contributed by atoms with Crippen LogP contribution in [0, 0.1) is 0 Å². The molecule has 0 atom stereocenters. The van der Waals surface area contributed by atoms with Gasteiger partial charge < -0.3 is 24.4 Å². The molecule has 0 radical (unpaired) electrons. The van der Waals surface area contributed by atoms with Crippen molar-refractivity contribution in [2.45, 2.75) is 6.18 Å². The summed E-state index contributed by atoms with van der Waals surface area (Å²) >= 11 is 0. The van der Waals surface area contributed by atoms with Gasteiger partial charge in [0.1, 0.15) is 23.7 Å². The molecule has 1 aromatic heterocycles. The van der Waals surface area contributed by atoms with E-state index in [1.54, 1.807) is 0 Å². The van der Waals surface area contributed by atoms with Crippen molar-refractivity contribution in [3.8, 4) is 5.75 Å². The third-order valence-electron chi connectivity index (χ3n) is 3.55. The molecule has 1 aliphatic rings. The van der Waals surface area contributed by atoms with E-state index in [0.717, 1.165) is 11.0 Å². The molecule has 10 heteroatoms. The number of aromatic nitrogens is 1. The zero-order valence-corrected chi connectivity index (χ0v) is 13.0. The van der Waals surface area contributed by atoms with Gasteiger partial charge >= 0.3 is 12.3 Å². The number of anilines is 1. The minimum atomic E-state index is -4.59. The first-order valence-electron chi connectivity index (χ1n) is 7.24. The predicted octanol–water partition coefficient (Wildman–Crippen LogP) is 1.93. The molecule has 134 valence electrons. The van der Waals surface area contributed by atoms with Crippen molar-refractivity contribution in [2.24, 2.45) is 0 Å². The fourth-order valence-electron chi connectivity index (χ4n) is 2.33. The number of alkyl halides is 3. The summed E-state index contributed by atoms with van der Waals surface area (Å²) in [7, 11) is 1.46. The summed E-state index contributed by atoms with van der Waals surface area (Å²) in [5, 5.41) is 8.90. The maximum Gasteiger partial charge on any atom is 0.420 e. The smallest absolute Gasteiger partial charge is 0.420 e. The monoisotopic (exact) mass is 349 g/mol. The van der Waals surface area contributed by atoms with Crippen LogP contribution in [0.2, 0.25) is 0 Å². The van der Waals surface area contributed by atoms with Crippen molar-refractivity contribution in [2.75, 3.05) is 51.4 Å². The average molecular weight is 349 g/mol. The molecule has 0 saturated carbocycles. The van der Waals surface area contributed by atoms with E-state index in [0.29, 0.717) is 0 Å². The molecule has 1 aromatic rings. The first-order chi connectivity index (χ1) is 11.3. The van der Waals surface area contributed by atoms with Crippen LogP contribution in [0.4, 0.5) is 23.8 Å². The van der Waals surface area contributed by atoms with Gasteiger partial charge in [0.2, 0.25) is 0 Å². The largest absolute Gasteiger partial charge is 0.490 e. The number of rotatable bonds is 5. The second-order valence-electron chi connectivity index (χ2n) is 5.14. The highest BCUT2D eigenvalue weighted by atomic mass is 19.4.